The lowest BCUT2D eigenvalue weighted by molar-refractivity contribution is 0.0713. The van der Waals surface area contributed by atoms with Crippen molar-refractivity contribution < 1.29 is 18.0 Å². The van der Waals surface area contributed by atoms with E-state index in [0.717, 1.165) is 24.1 Å². The highest BCUT2D eigenvalue weighted by atomic mass is 32.2. The van der Waals surface area contributed by atoms with E-state index in [1.54, 1.807) is 0 Å². The molecule has 2 aliphatic rings. The van der Waals surface area contributed by atoms with Gasteiger partial charge in [-0.1, -0.05) is 30.3 Å². The number of anilines is 2. The van der Waals surface area contributed by atoms with Gasteiger partial charge in [0.15, 0.2) is 5.65 Å². The summed E-state index contributed by atoms with van der Waals surface area (Å²) in [5.74, 6) is -0.185. The topological polar surface area (TPSA) is 126 Å². The van der Waals surface area contributed by atoms with Crippen LogP contribution in [0.5, 0.6) is 0 Å². The Kier molecular flexibility index (Phi) is 6.59. The minimum atomic E-state index is -3.74. The maximum atomic E-state index is 13.8. The first-order valence-corrected chi connectivity index (χ1v) is 15.4. The Morgan fingerprint density at radius 2 is 1.74 bits per heavy atom. The smallest absolute Gasteiger partial charge is 0.270 e. The number of fused-ring (bicyclic) bond motifs is 1. The quantitative estimate of drug-likeness (QED) is 0.346. The number of thiophene rings is 1. The van der Waals surface area contributed by atoms with E-state index in [4.69, 9.17) is 0 Å². The molecule has 3 aromatic heterocycles. The molecule has 0 atom stereocenters. The van der Waals surface area contributed by atoms with Crippen LogP contribution < -0.4 is 10.0 Å². The molecule has 12 heteroatoms. The zero-order chi connectivity index (χ0) is 27.1. The number of hydrogen-bond acceptors (Lipinski definition) is 8. The monoisotopic (exact) mass is 564 g/mol. The average molecular weight is 565 g/mol. The minimum absolute atomic E-state index is 0.0204. The van der Waals surface area contributed by atoms with Crippen LogP contribution in [0.15, 0.2) is 53.5 Å². The molecule has 1 aliphatic heterocycles. The van der Waals surface area contributed by atoms with Crippen LogP contribution in [0, 0.1) is 6.92 Å². The van der Waals surface area contributed by atoms with Crippen LogP contribution in [0.1, 0.15) is 63.4 Å². The van der Waals surface area contributed by atoms with Crippen LogP contribution in [-0.4, -0.2) is 58.1 Å². The fourth-order valence-corrected chi connectivity index (χ4v) is 7.01. The predicted molar refractivity (Wildman–Crippen MR) is 149 cm³/mol. The molecule has 4 aromatic rings. The summed E-state index contributed by atoms with van der Waals surface area (Å²) < 4.78 is 28.2. The summed E-state index contributed by atoms with van der Waals surface area (Å²) in [7, 11) is -3.74. The molecule has 2 amide bonds. The average Bonchev–Trinajstić information content (AvgIpc) is 3.61. The Hall–Kier alpha value is -3.77. The van der Waals surface area contributed by atoms with Gasteiger partial charge in [0, 0.05) is 24.7 Å². The number of nitrogens with zero attached hydrogens (tertiary/aromatic N) is 4. The third-order valence-corrected chi connectivity index (χ3v) is 10.0. The summed E-state index contributed by atoms with van der Waals surface area (Å²) in [6, 6.07) is 10.3. The molecule has 1 aromatic carbocycles. The van der Waals surface area contributed by atoms with Gasteiger partial charge in [-0.3, -0.25) is 9.59 Å². The number of likely N-dealkylation sites (tertiary alicyclic amines) is 1. The number of aryl methyl sites for hydroxylation is 1. The van der Waals surface area contributed by atoms with E-state index >= 15 is 0 Å². The van der Waals surface area contributed by atoms with Gasteiger partial charge in [0.05, 0.1) is 17.1 Å². The number of hydrogen-bond donors (Lipinski definition) is 2. The number of carbonyl (C=O) groups excluding carboxylic acids is 2. The molecule has 0 radical (unpaired) electrons. The van der Waals surface area contributed by atoms with E-state index in [0.29, 0.717) is 43.2 Å². The van der Waals surface area contributed by atoms with Gasteiger partial charge >= 0.3 is 0 Å². The Morgan fingerprint density at radius 3 is 2.41 bits per heavy atom. The Balaban J connectivity index is 1.31. The molecule has 2 N–H and O–H groups in total. The number of sulfonamides is 1. The van der Waals surface area contributed by atoms with E-state index in [-0.39, 0.29) is 17.1 Å². The van der Waals surface area contributed by atoms with Crippen molar-refractivity contribution in [3.05, 3.63) is 75.7 Å². The summed E-state index contributed by atoms with van der Waals surface area (Å²) in [5, 5.41) is 11.1. The van der Waals surface area contributed by atoms with Crippen LogP contribution in [0.25, 0.3) is 5.65 Å². The first-order chi connectivity index (χ1) is 18.8. The summed E-state index contributed by atoms with van der Waals surface area (Å²) >= 11 is 1.52. The highest BCUT2D eigenvalue weighted by molar-refractivity contribution is 7.91. The van der Waals surface area contributed by atoms with Crippen molar-refractivity contribution in [3.8, 4) is 0 Å². The van der Waals surface area contributed by atoms with Gasteiger partial charge in [0.1, 0.15) is 16.9 Å². The lowest BCUT2D eigenvalue weighted by Gasteiger charge is -2.32. The molecule has 0 unspecified atom stereocenters. The molecule has 4 heterocycles. The van der Waals surface area contributed by atoms with Gasteiger partial charge < -0.3 is 10.2 Å². The second-order valence-electron chi connectivity index (χ2n) is 10.1. The van der Waals surface area contributed by atoms with Gasteiger partial charge in [-0.25, -0.2) is 18.1 Å². The van der Waals surface area contributed by atoms with Crippen molar-refractivity contribution in [2.45, 2.75) is 43.8 Å². The summed E-state index contributed by atoms with van der Waals surface area (Å²) in [5.41, 5.74) is 3.59. The molecule has 0 bridgehead atoms. The zero-order valence-corrected chi connectivity index (χ0v) is 23.0. The third-order valence-electron chi connectivity index (χ3n) is 7.36. The van der Waals surface area contributed by atoms with Crippen molar-refractivity contribution in [1.82, 2.24) is 24.2 Å². The standard InChI is InChI=1S/C27H28N6O4S2/c1-17-15-38-16-23(17)30-25-22(27(35)32-11-9-19(10-12-32)18-5-3-2-4-6-18)13-28-24-21(14-29-33(24)25)26(34)31-39(36,37)20-7-8-20/h2-6,13-16,19-20,30H,7-12H2,1H3,(H,31,34). The molecule has 2 fully saturated rings. The van der Waals surface area contributed by atoms with Crippen LogP contribution in [0.3, 0.4) is 0 Å². The van der Waals surface area contributed by atoms with E-state index in [2.05, 4.69) is 32.3 Å². The Labute approximate surface area is 230 Å². The molecule has 1 saturated carbocycles. The number of aromatic nitrogens is 3. The normalized spacial score (nSPS) is 16.4. The van der Waals surface area contributed by atoms with Crippen molar-refractivity contribution in [2.75, 3.05) is 18.4 Å². The van der Waals surface area contributed by atoms with Gasteiger partial charge in [-0.05, 0) is 55.0 Å². The fraction of sp³-hybridized carbons (Fsp3) is 0.333. The maximum absolute atomic E-state index is 13.8. The van der Waals surface area contributed by atoms with E-state index in [9.17, 15) is 18.0 Å². The number of benzene rings is 1. The van der Waals surface area contributed by atoms with E-state index in [1.807, 2.05) is 40.8 Å². The minimum Gasteiger partial charge on any atom is -0.338 e. The van der Waals surface area contributed by atoms with Gasteiger partial charge in [-0.2, -0.15) is 9.61 Å². The largest absolute Gasteiger partial charge is 0.338 e. The maximum Gasteiger partial charge on any atom is 0.270 e. The summed E-state index contributed by atoms with van der Waals surface area (Å²) in [4.78, 5) is 32.9. The first-order valence-electron chi connectivity index (χ1n) is 12.9. The number of piperidine rings is 1. The molecule has 1 aliphatic carbocycles. The van der Waals surface area contributed by atoms with E-state index < -0.39 is 21.2 Å². The SMILES string of the molecule is Cc1cscc1Nc1c(C(=O)N2CCC(c3ccccc3)CC2)cnc2c(C(=O)NS(=O)(=O)C3CC3)cnn12. The molecule has 0 spiro atoms. The summed E-state index contributed by atoms with van der Waals surface area (Å²) in [6.45, 7) is 3.18. The fourth-order valence-electron chi connectivity index (χ4n) is 4.94. The first kappa shape index (κ1) is 25.5. The molecule has 39 heavy (non-hydrogen) atoms. The zero-order valence-electron chi connectivity index (χ0n) is 21.3. The van der Waals surface area contributed by atoms with E-state index in [1.165, 1.54) is 33.8 Å². The molecule has 202 valence electrons. The van der Waals surface area contributed by atoms with Crippen LogP contribution in [0.2, 0.25) is 0 Å². The highest BCUT2D eigenvalue weighted by Gasteiger charge is 2.37. The van der Waals surface area contributed by atoms with Crippen molar-refractivity contribution in [2.24, 2.45) is 0 Å². The molecular weight excluding hydrogens is 536 g/mol. The molecule has 10 nitrogen and oxygen atoms in total. The van der Waals surface area contributed by atoms with Crippen molar-refractivity contribution >= 4 is 50.3 Å². The third kappa shape index (κ3) is 5.01. The predicted octanol–water partition coefficient (Wildman–Crippen LogP) is 4.08. The number of rotatable bonds is 7. The van der Waals surface area contributed by atoms with Gasteiger partial charge in [0.2, 0.25) is 10.0 Å². The van der Waals surface area contributed by atoms with Gasteiger partial charge in [-0.15, -0.1) is 11.3 Å². The van der Waals surface area contributed by atoms with Crippen LogP contribution in [0.4, 0.5) is 11.5 Å². The second kappa shape index (κ2) is 10.1. The lowest BCUT2D eigenvalue weighted by atomic mass is 9.89. The lowest BCUT2D eigenvalue weighted by Crippen LogP contribution is -2.38. The van der Waals surface area contributed by atoms with Crippen LogP contribution in [-0.2, 0) is 10.0 Å². The molecular formula is C27H28N6O4S2. The number of amides is 2. The van der Waals surface area contributed by atoms with Crippen molar-refractivity contribution in [1.29, 1.82) is 0 Å². The number of nitrogens with one attached hydrogen (secondary N) is 2. The number of carbonyl (C=O) groups is 2. The van der Waals surface area contributed by atoms with Crippen molar-refractivity contribution in [3.63, 3.8) is 0 Å². The van der Waals surface area contributed by atoms with Crippen LogP contribution >= 0.6 is 11.3 Å². The molecule has 6 rings (SSSR count). The Bertz CT molecular complexity index is 1650. The highest BCUT2D eigenvalue weighted by Crippen LogP contribution is 2.32. The second-order valence-corrected chi connectivity index (χ2v) is 12.8. The van der Waals surface area contributed by atoms with Gasteiger partial charge in [0.25, 0.3) is 11.8 Å². The Morgan fingerprint density at radius 1 is 1.00 bits per heavy atom. The summed E-state index contributed by atoms with van der Waals surface area (Å²) in [6.07, 6.45) is 5.53. The molecule has 1 saturated heterocycles.